The number of rotatable bonds is 27. The van der Waals surface area contributed by atoms with E-state index in [0.717, 1.165) is 0 Å². The van der Waals surface area contributed by atoms with E-state index in [1.807, 2.05) is 0 Å². The summed E-state index contributed by atoms with van der Waals surface area (Å²) in [6.07, 6.45) is 31.1. The van der Waals surface area contributed by atoms with Gasteiger partial charge in [0.05, 0.1) is 0 Å². The molecule has 0 saturated carbocycles. The van der Waals surface area contributed by atoms with E-state index >= 15 is 0 Å². The summed E-state index contributed by atoms with van der Waals surface area (Å²) in [6, 6.07) is 20.7. The summed E-state index contributed by atoms with van der Waals surface area (Å²) in [5.41, 5.74) is 0. The Balaban J connectivity index is 2.64. The van der Waals surface area contributed by atoms with Crippen molar-refractivity contribution in [1.29, 1.82) is 0 Å². The Morgan fingerprint density at radius 1 is 0.409 bits per heavy atom. The van der Waals surface area contributed by atoms with Crippen LogP contribution in [0.15, 0.2) is 60.7 Å². The minimum atomic E-state index is -1.91. The predicted molar refractivity (Wildman–Crippen MR) is 213 cm³/mol. The Morgan fingerprint density at radius 2 is 0.705 bits per heavy atom. The van der Waals surface area contributed by atoms with Gasteiger partial charge >= 0.3 is 288 Å². The molecule has 0 spiro atoms. The van der Waals surface area contributed by atoms with Gasteiger partial charge in [-0.25, -0.2) is 0 Å². The standard InChI is InChI=1S/2C14H23P.C12H25.BrH.Ni/c2*1-3-5-12-15(13-6-4-2)14-10-8-7-9-11-14;1-3-5-7-9-11-12-10-8-6-4-2;;/h2*7-11H,3-6,12-13H2,1-2H3;1,3-12H2,2H3;1H;/q;;;;-1/p+1. The first-order valence-electron chi connectivity index (χ1n) is 18.9. The molecule has 2 rings (SSSR count). The van der Waals surface area contributed by atoms with Crippen LogP contribution in [0.2, 0.25) is 5.39 Å². The van der Waals surface area contributed by atoms with Crippen LogP contribution in [0.3, 0.4) is 0 Å². The first kappa shape index (κ1) is 40.4. The van der Waals surface area contributed by atoms with Gasteiger partial charge in [-0.3, -0.25) is 0 Å². The quantitative estimate of drug-likeness (QED) is 0.0484. The van der Waals surface area contributed by atoms with Crippen LogP contribution in [-0.4, -0.2) is 24.6 Å². The Hall–Kier alpha value is 0.274. The number of hydrogen-bond donors (Lipinski definition) is 0. The molecule has 0 saturated heterocycles. The molecule has 0 aliphatic carbocycles. The van der Waals surface area contributed by atoms with E-state index in [2.05, 4.69) is 95.3 Å². The third-order valence-electron chi connectivity index (χ3n) is 9.83. The number of halogens is 1. The third kappa shape index (κ3) is 11.5. The molecule has 260 valence electrons. The van der Waals surface area contributed by atoms with Crippen molar-refractivity contribution in [2.45, 2.75) is 156 Å². The van der Waals surface area contributed by atoms with Crippen LogP contribution < -0.4 is 10.6 Å². The fourth-order valence-electron chi connectivity index (χ4n) is 7.17. The first-order valence-corrected chi connectivity index (χ1v) is 29.5. The Morgan fingerprint density at radius 3 is 1.02 bits per heavy atom. The van der Waals surface area contributed by atoms with Crippen molar-refractivity contribution < 1.29 is 9.75 Å². The molecule has 0 fully saturated rings. The second kappa shape index (κ2) is 23.6. The normalized spacial score (nSPS) is 15.1. The van der Waals surface area contributed by atoms with Crippen molar-refractivity contribution in [2.24, 2.45) is 0 Å². The Kier molecular flexibility index (Phi) is 21.7. The molecule has 44 heavy (non-hydrogen) atoms. The van der Waals surface area contributed by atoms with Gasteiger partial charge in [-0.2, -0.15) is 0 Å². The van der Waals surface area contributed by atoms with Crippen molar-refractivity contribution in [3.8, 4) is 0 Å². The van der Waals surface area contributed by atoms with Crippen LogP contribution in [0.4, 0.5) is 0 Å². The van der Waals surface area contributed by atoms with E-state index in [-0.39, 0.29) is 0 Å². The summed E-state index contributed by atoms with van der Waals surface area (Å²) in [5, 5.41) is 5.07. The minimum absolute atomic E-state index is 1.22. The molecule has 0 N–H and O–H groups in total. The monoisotopic (exact) mass is 752 g/mol. The predicted octanol–water partition coefficient (Wildman–Crippen LogP) is 14.0. The molecule has 0 bridgehead atoms. The molecule has 0 heterocycles. The summed E-state index contributed by atoms with van der Waals surface area (Å²) in [5.74, 6) is 0. The number of unbranched alkanes of at least 4 members (excludes halogenated alkanes) is 13. The van der Waals surface area contributed by atoms with Crippen LogP contribution in [0, 0.1) is 0 Å². The van der Waals surface area contributed by atoms with Gasteiger partial charge in [-0.05, 0) is 0 Å². The molecule has 4 heteroatoms. The van der Waals surface area contributed by atoms with Gasteiger partial charge < -0.3 is 0 Å². The zero-order valence-electron chi connectivity index (χ0n) is 29.7. The average molecular weight is 755 g/mol. The van der Waals surface area contributed by atoms with E-state index in [0.29, 0.717) is 0 Å². The second-order valence-electron chi connectivity index (χ2n) is 13.3. The van der Waals surface area contributed by atoms with E-state index in [1.165, 1.54) is 146 Å². The van der Waals surface area contributed by atoms with Crippen LogP contribution in [-0.2, 0) is 9.75 Å². The Bertz CT molecular complexity index is 871. The van der Waals surface area contributed by atoms with Gasteiger partial charge in [0.25, 0.3) is 0 Å². The van der Waals surface area contributed by atoms with Crippen molar-refractivity contribution in [2.75, 3.05) is 24.6 Å². The Labute approximate surface area is 285 Å². The van der Waals surface area contributed by atoms with Crippen LogP contribution >= 0.6 is 26.3 Å². The maximum absolute atomic E-state index is 5.16. The first-order chi connectivity index (χ1) is 21.5. The van der Waals surface area contributed by atoms with Crippen LogP contribution in [0.25, 0.3) is 0 Å². The zero-order valence-corrected chi connectivity index (χ0v) is 34.3. The molecule has 0 atom stereocenters. The second-order valence-corrected chi connectivity index (χ2v) is 40.9. The summed E-state index contributed by atoms with van der Waals surface area (Å²) in [6.45, 7) is 12.1. The molecular weight excluding hydrogens is 681 g/mol. The van der Waals surface area contributed by atoms with Gasteiger partial charge in [-0.15, -0.1) is 0 Å². The summed E-state index contributed by atoms with van der Waals surface area (Å²) in [4.78, 5) is 0. The maximum atomic E-state index is 5.16. The van der Waals surface area contributed by atoms with Gasteiger partial charge in [0, 0.05) is 0 Å². The molecule has 0 unspecified atom stereocenters. The van der Waals surface area contributed by atoms with Crippen LogP contribution in [0.5, 0.6) is 0 Å². The van der Waals surface area contributed by atoms with Crippen LogP contribution in [0.1, 0.15) is 150 Å². The molecule has 0 radical (unpaired) electrons. The topological polar surface area (TPSA) is 0 Å². The van der Waals surface area contributed by atoms with Gasteiger partial charge in [-0.1, -0.05) is 0 Å². The van der Waals surface area contributed by atoms with E-state index < -0.39 is 21.8 Å². The number of hydrogen-bond acceptors (Lipinski definition) is 0. The molecule has 2 aromatic carbocycles. The summed E-state index contributed by atoms with van der Waals surface area (Å²) < 4.78 is 0. The molecule has 0 nitrogen and oxygen atoms in total. The van der Waals surface area contributed by atoms with Crippen molar-refractivity contribution in [3.05, 3.63) is 60.7 Å². The molecule has 2 aromatic rings. The molecule has 0 amide bonds. The average Bonchev–Trinajstić information content (AvgIpc) is 3.06. The molecule has 0 aliphatic heterocycles. The molecular formula is C40H73BrNiP2. The summed E-state index contributed by atoms with van der Waals surface area (Å²) >= 11 is 5.16. The third-order valence-corrected chi connectivity index (χ3v) is 55.3. The van der Waals surface area contributed by atoms with Gasteiger partial charge in [0.1, 0.15) is 0 Å². The zero-order chi connectivity index (χ0) is 32.0. The molecule has 0 aromatic heterocycles. The SMILES string of the molecule is CCCCCCCCCCC[CH2][Ni]([Br])([PH](CCCC)(CCCC)c1ccccc1)[PH](CCCC)(CCCC)c1ccccc1. The molecule has 0 aliphatic rings. The fourth-order valence-corrected chi connectivity index (χ4v) is 58.2. The fraction of sp³-hybridized carbons (Fsp3) is 0.700. The summed E-state index contributed by atoms with van der Waals surface area (Å²) in [7, 11) is -1.22. The van der Waals surface area contributed by atoms with Crippen molar-refractivity contribution in [3.63, 3.8) is 0 Å². The van der Waals surface area contributed by atoms with E-state index in [9.17, 15) is 0 Å². The van der Waals surface area contributed by atoms with Crippen molar-refractivity contribution >= 4 is 36.9 Å². The van der Waals surface area contributed by atoms with Gasteiger partial charge in [0.2, 0.25) is 0 Å². The number of benzene rings is 2. The van der Waals surface area contributed by atoms with Crippen molar-refractivity contribution in [1.82, 2.24) is 0 Å². The van der Waals surface area contributed by atoms with E-state index in [4.69, 9.17) is 14.2 Å². The van der Waals surface area contributed by atoms with Gasteiger partial charge in [0.15, 0.2) is 0 Å². The van der Waals surface area contributed by atoms with E-state index in [1.54, 1.807) is 10.6 Å².